The summed E-state index contributed by atoms with van der Waals surface area (Å²) in [5.74, 6) is -0.505. The lowest BCUT2D eigenvalue weighted by atomic mass is 9.87. The normalized spacial score (nSPS) is 14.6. The van der Waals surface area contributed by atoms with Gasteiger partial charge in [0.1, 0.15) is 6.33 Å². The first-order valence-corrected chi connectivity index (χ1v) is 13.6. The summed E-state index contributed by atoms with van der Waals surface area (Å²) in [6.45, 7) is 2.53. The molecule has 12 heteroatoms. The SMILES string of the molecule is COC(=O)N1CCC(C[C@H](NC(=O)/C=C/c2cc(Cl)ccc2-n2cnnn2)C(=O)Cc2ccc(C(C)=O)cc2)CC1. The highest BCUT2D eigenvalue weighted by atomic mass is 35.5. The number of likely N-dealkylation sites (tertiary alicyclic amines) is 1. The first kappa shape index (κ1) is 29.6. The Morgan fingerprint density at radius 1 is 1.12 bits per heavy atom. The monoisotopic (exact) mass is 578 g/mol. The number of piperidine rings is 1. The largest absolute Gasteiger partial charge is 0.453 e. The van der Waals surface area contributed by atoms with Crippen LogP contribution in [0.1, 0.15) is 47.7 Å². The highest BCUT2D eigenvalue weighted by Gasteiger charge is 2.29. The molecule has 2 amide bonds. The average Bonchev–Trinajstić information content (AvgIpc) is 3.51. The molecule has 1 atom stereocenters. The third kappa shape index (κ3) is 8.07. The van der Waals surface area contributed by atoms with Crippen molar-refractivity contribution >= 4 is 41.2 Å². The summed E-state index contributed by atoms with van der Waals surface area (Å²) < 4.78 is 6.27. The molecule has 1 saturated heterocycles. The zero-order valence-corrected chi connectivity index (χ0v) is 23.6. The van der Waals surface area contributed by atoms with E-state index in [0.717, 1.165) is 5.56 Å². The maximum Gasteiger partial charge on any atom is 0.409 e. The standard InChI is InChI=1S/C29H31ClN6O5/c1-19(37)22-5-3-20(4-6-22)16-27(38)25(15-21-11-13-35(14-12-21)29(40)41-2)32-28(39)10-7-23-17-24(30)8-9-26(23)36-18-31-33-34-36/h3-10,17-18,21,25H,11-16H2,1-2H3,(H,32,39)/b10-7+/t25-/m0/s1. The molecule has 0 aliphatic carbocycles. The van der Waals surface area contributed by atoms with Crippen LogP contribution in [0.15, 0.2) is 54.9 Å². The summed E-state index contributed by atoms with van der Waals surface area (Å²) in [7, 11) is 1.35. The molecule has 0 saturated carbocycles. The fourth-order valence-electron chi connectivity index (χ4n) is 4.79. The minimum absolute atomic E-state index is 0.0546. The van der Waals surface area contributed by atoms with Crippen LogP contribution in [0.3, 0.4) is 0 Å². The predicted octanol–water partition coefficient (Wildman–Crippen LogP) is 3.70. The number of nitrogens with one attached hydrogen (secondary N) is 1. The number of hydrogen-bond donors (Lipinski definition) is 1. The number of aromatic nitrogens is 4. The second kappa shape index (κ2) is 13.8. The number of amides is 2. The molecule has 1 aromatic heterocycles. The van der Waals surface area contributed by atoms with Gasteiger partial charge >= 0.3 is 6.09 Å². The van der Waals surface area contributed by atoms with Crippen LogP contribution in [0.5, 0.6) is 0 Å². The topological polar surface area (TPSA) is 136 Å². The summed E-state index contributed by atoms with van der Waals surface area (Å²) in [5, 5.41) is 14.6. The van der Waals surface area contributed by atoms with Crippen molar-refractivity contribution < 1.29 is 23.9 Å². The van der Waals surface area contributed by atoms with Crippen molar-refractivity contribution in [2.75, 3.05) is 20.2 Å². The van der Waals surface area contributed by atoms with Crippen LogP contribution in [0.25, 0.3) is 11.8 Å². The summed E-state index contributed by atoms with van der Waals surface area (Å²) in [4.78, 5) is 51.6. The number of nitrogens with zero attached hydrogens (tertiary/aromatic N) is 5. The molecule has 0 unspecified atom stereocenters. The number of benzene rings is 2. The lowest BCUT2D eigenvalue weighted by Gasteiger charge is -2.32. The van der Waals surface area contributed by atoms with Crippen molar-refractivity contribution in [3.8, 4) is 5.69 Å². The predicted molar refractivity (Wildman–Crippen MR) is 152 cm³/mol. The van der Waals surface area contributed by atoms with Crippen LogP contribution in [-0.2, 0) is 20.7 Å². The lowest BCUT2D eigenvalue weighted by molar-refractivity contribution is -0.125. The van der Waals surface area contributed by atoms with Gasteiger partial charge in [0.2, 0.25) is 5.91 Å². The molecule has 2 heterocycles. The Bertz CT molecular complexity index is 1420. The van der Waals surface area contributed by atoms with E-state index in [0.29, 0.717) is 54.2 Å². The summed E-state index contributed by atoms with van der Waals surface area (Å²) in [6, 6.07) is 11.3. The molecule has 11 nitrogen and oxygen atoms in total. The minimum atomic E-state index is -0.743. The van der Waals surface area contributed by atoms with Gasteiger partial charge in [-0.05, 0) is 72.4 Å². The summed E-state index contributed by atoms with van der Waals surface area (Å²) in [6.07, 6.45) is 5.93. The van der Waals surface area contributed by atoms with Gasteiger partial charge in [0.25, 0.3) is 0 Å². The van der Waals surface area contributed by atoms with Gasteiger partial charge in [-0.25, -0.2) is 4.79 Å². The van der Waals surface area contributed by atoms with Gasteiger partial charge in [-0.1, -0.05) is 35.9 Å². The van der Waals surface area contributed by atoms with Gasteiger partial charge in [-0.15, -0.1) is 5.10 Å². The van der Waals surface area contributed by atoms with Crippen molar-refractivity contribution in [2.24, 2.45) is 5.92 Å². The van der Waals surface area contributed by atoms with E-state index in [1.807, 2.05) is 0 Å². The van der Waals surface area contributed by atoms with E-state index in [9.17, 15) is 19.2 Å². The first-order chi connectivity index (χ1) is 19.7. The Hall–Kier alpha value is -4.38. The van der Waals surface area contributed by atoms with E-state index >= 15 is 0 Å². The van der Waals surface area contributed by atoms with Crippen LogP contribution in [-0.4, -0.2) is 74.9 Å². The number of ether oxygens (including phenoxy) is 1. The molecule has 41 heavy (non-hydrogen) atoms. The molecule has 1 aliphatic heterocycles. The van der Waals surface area contributed by atoms with Crippen molar-refractivity contribution in [3.63, 3.8) is 0 Å². The van der Waals surface area contributed by atoms with E-state index in [-0.39, 0.29) is 30.0 Å². The second-order valence-corrected chi connectivity index (χ2v) is 10.3. The Morgan fingerprint density at radius 2 is 1.85 bits per heavy atom. The fraction of sp³-hybridized carbons (Fsp3) is 0.345. The highest BCUT2D eigenvalue weighted by Crippen LogP contribution is 2.24. The van der Waals surface area contributed by atoms with Crippen LogP contribution >= 0.6 is 11.6 Å². The second-order valence-electron chi connectivity index (χ2n) is 9.88. The Morgan fingerprint density at radius 3 is 2.49 bits per heavy atom. The average molecular weight is 579 g/mol. The summed E-state index contributed by atoms with van der Waals surface area (Å²) >= 11 is 6.18. The number of hydrogen-bond acceptors (Lipinski definition) is 8. The van der Waals surface area contributed by atoms with E-state index in [4.69, 9.17) is 16.3 Å². The minimum Gasteiger partial charge on any atom is -0.453 e. The number of carbonyl (C=O) groups is 4. The number of rotatable bonds is 10. The van der Waals surface area contributed by atoms with E-state index in [2.05, 4.69) is 20.8 Å². The van der Waals surface area contributed by atoms with Gasteiger partial charge in [-0.3, -0.25) is 14.4 Å². The van der Waals surface area contributed by atoms with E-state index < -0.39 is 11.9 Å². The molecule has 1 N–H and O–H groups in total. The maximum atomic E-state index is 13.5. The Balaban J connectivity index is 1.48. The highest BCUT2D eigenvalue weighted by molar-refractivity contribution is 6.30. The molecule has 2 aromatic carbocycles. The maximum absolute atomic E-state index is 13.5. The fourth-order valence-corrected chi connectivity index (χ4v) is 4.97. The lowest BCUT2D eigenvalue weighted by Crippen LogP contribution is -2.44. The number of Topliss-reactive ketones (excluding diaryl/α,β-unsaturated/α-hetero) is 2. The van der Waals surface area contributed by atoms with Crippen molar-refractivity contribution in [2.45, 2.75) is 38.6 Å². The van der Waals surface area contributed by atoms with Gasteiger partial charge in [0.15, 0.2) is 11.6 Å². The molecule has 0 bridgehead atoms. The molecule has 0 radical (unpaired) electrons. The molecular formula is C29H31ClN6O5. The number of ketones is 2. The van der Waals surface area contributed by atoms with Gasteiger partial charge in [0, 0.05) is 41.7 Å². The number of carbonyl (C=O) groups excluding carboxylic acids is 4. The number of halogens is 1. The molecule has 1 aliphatic rings. The molecular weight excluding hydrogens is 548 g/mol. The zero-order chi connectivity index (χ0) is 29.4. The van der Waals surface area contributed by atoms with E-state index in [1.165, 1.54) is 31.1 Å². The van der Waals surface area contributed by atoms with Crippen molar-refractivity contribution in [3.05, 3.63) is 76.6 Å². The van der Waals surface area contributed by atoms with Gasteiger partial charge < -0.3 is 15.0 Å². The Kier molecular flexibility index (Phi) is 9.96. The van der Waals surface area contributed by atoms with Crippen LogP contribution in [0, 0.1) is 5.92 Å². The quantitative estimate of drug-likeness (QED) is 0.284. The smallest absolute Gasteiger partial charge is 0.409 e. The third-order valence-electron chi connectivity index (χ3n) is 7.06. The molecule has 214 valence electrons. The summed E-state index contributed by atoms with van der Waals surface area (Å²) in [5.41, 5.74) is 2.56. The molecule has 0 spiro atoms. The van der Waals surface area contributed by atoms with Crippen molar-refractivity contribution in [1.82, 2.24) is 30.4 Å². The van der Waals surface area contributed by atoms with Crippen LogP contribution in [0.4, 0.5) is 4.79 Å². The molecule has 3 aromatic rings. The van der Waals surface area contributed by atoms with Crippen molar-refractivity contribution in [1.29, 1.82) is 0 Å². The Labute approximate surface area is 242 Å². The van der Waals surface area contributed by atoms with Gasteiger partial charge in [0.05, 0.1) is 18.8 Å². The van der Waals surface area contributed by atoms with Gasteiger partial charge in [-0.2, -0.15) is 4.68 Å². The number of methoxy groups -OCH3 is 1. The zero-order valence-electron chi connectivity index (χ0n) is 22.8. The number of tetrazole rings is 1. The van der Waals surface area contributed by atoms with Crippen LogP contribution in [0.2, 0.25) is 5.02 Å². The first-order valence-electron chi connectivity index (χ1n) is 13.2. The van der Waals surface area contributed by atoms with E-state index in [1.54, 1.807) is 53.4 Å². The third-order valence-corrected chi connectivity index (χ3v) is 7.30. The molecule has 1 fully saturated rings. The van der Waals surface area contributed by atoms with Crippen LogP contribution < -0.4 is 5.32 Å². The molecule has 4 rings (SSSR count).